The van der Waals surface area contributed by atoms with Crippen molar-refractivity contribution in [1.29, 1.82) is 0 Å². The van der Waals surface area contributed by atoms with Gasteiger partial charge in [-0.2, -0.15) is 0 Å². The molecule has 31 heavy (non-hydrogen) atoms. The summed E-state index contributed by atoms with van der Waals surface area (Å²) in [6, 6.07) is 11.1. The van der Waals surface area contributed by atoms with Crippen LogP contribution in [-0.2, 0) is 14.4 Å². The first kappa shape index (κ1) is 20.9. The Hall–Kier alpha value is -3.35. The number of carbonyl (C=O) groups excluding carboxylic acids is 3. The average Bonchev–Trinajstić information content (AvgIpc) is 3.35. The van der Waals surface area contributed by atoms with E-state index in [1.165, 1.54) is 0 Å². The van der Waals surface area contributed by atoms with E-state index >= 15 is 0 Å². The van der Waals surface area contributed by atoms with E-state index in [-0.39, 0.29) is 24.1 Å². The second-order valence-corrected chi connectivity index (χ2v) is 8.15. The number of ether oxygens (including phenoxy) is 1. The number of hydrogen-bond acceptors (Lipinski definition) is 4. The zero-order valence-electron chi connectivity index (χ0n) is 18.1. The Kier molecular flexibility index (Phi) is 5.67. The Morgan fingerprint density at radius 1 is 1.06 bits per heavy atom. The molecule has 162 valence electrons. The lowest BCUT2D eigenvalue weighted by molar-refractivity contribution is -0.122. The molecule has 0 aromatic heterocycles. The molecular formula is C24H27N3O4. The molecule has 2 aliphatic rings. The van der Waals surface area contributed by atoms with Crippen LogP contribution in [0.3, 0.4) is 0 Å². The van der Waals surface area contributed by atoms with Gasteiger partial charge in [0.25, 0.3) is 0 Å². The van der Waals surface area contributed by atoms with Crippen LogP contribution in [0.2, 0.25) is 0 Å². The Labute approximate surface area is 182 Å². The molecule has 2 aromatic rings. The van der Waals surface area contributed by atoms with E-state index in [1.807, 2.05) is 32.0 Å². The van der Waals surface area contributed by atoms with Gasteiger partial charge in [-0.3, -0.25) is 14.4 Å². The monoisotopic (exact) mass is 421 g/mol. The van der Waals surface area contributed by atoms with Crippen molar-refractivity contribution >= 4 is 34.8 Å². The summed E-state index contributed by atoms with van der Waals surface area (Å²) in [5.74, 6) is -0.0546. The first-order valence-electron chi connectivity index (χ1n) is 10.5. The fraction of sp³-hybridized carbons (Fsp3) is 0.375. The van der Waals surface area contributed by atoms with E-state index in [0.717, 1.165) is 23.2 Å². The van der Waals surface area contributed by atoms with E-state index in [4.69, 9.17) is 4.74 Å². The van der Waals surface area contributed by atoms with Gasteiger partial charge in [-0.1, -0.05) is 12.1 Å². The van der Waals surface area contributed by atoms with E-state index in [1.54, 1.807) is 35.1 Å². The van der Waals surface area contributed by atoms with Gasteiger partial charge in [0.1, 0.15) is 5.75 Å². The van der Waals surface area contributed by atoms with Crippen molar-refractivity contribution in [3.05, 3.63) is 47.5 Å². The summed E-state index contributed by atoms with van der Waals surface area (Å²) >= 11 is 0. The van der Waals surface area contributed by atoms with Crippen molar-refractivity contribution < 1.29 is 19.1 Å². The van der Waals surface area contributed by atoms with Crippen LogP contribution in [0.4, 0.5) is 17.1 Å². The van der Waals surface area contributed by atoms with Crippen molar-refractivity contribution in [1.82, 2.24) is 0 Å². The largest absolute Gasteiger partial charge is 0.495 e. The van der Waals surface area contributed by atoms with Crippen LogP contribution in [0.25, 0.3) is 0 Å². The Morgan fingerprint density at radius 3 is 2.58 bits per heavy atom. The molecule has 2 aromatic carbocycles. The third-order valence-electron chi connectivity index (χ3n) is 6.17. The van der Waals surface area contributed by atoms with Gasteiger partial charge in [0.15, 0.2) is 0 Å². The number of nitrogens with one attached hydrogen (secondary N) is 1. The van der Waals surface area contributed by atoms with Crippen molar-refractivity contribution in [3.8, 4) is 5.75 Å². The second kappa shape index (κ2) is 8.41. The molecule has 7 heteroatoms. The van der Waals surface area contributed by atoms with Crippen LogP contribution in [-0.4, -0.2) is 37.9 Å². The average molecular weight is 421 g/mol. The SMILES string of the molecule is COc1ccc(NC(=O)C2CC(=O)N(c3cccc(C)c3C)C2)cc1N1CCCC1=O. The quantitative estimate of drug-likeness (QED) is 0.802. The molecule has 1 N–H and O–H groups in total. The highest BCUT2D eigenvalue weighted by atomic mass is 16.5. The van der Waals surface area contributed by atoms with Crippen molar-refractivity contribution in [2.45, 2.75) is 33.1 Å². The number of amides is 3. The lowest BCUT2D eigenvalue weighted by Crippen LogP contribution is -2.29. The number of aryl methyl sites for hydroxylation is 1. The first-order valence-corrected chi connectivity index (χ1v) is 10.5. The molecule has 2 heterocycles. The highest BCUT2D eigenvalue weighted by molar-refractivity contribution is 6.04. The van der Waals surface area contributed by atoms with Gasteiger partial charge >= 0.3 is 0 Å². The first-order chi connectivity index (χ1) is 14.9. The van der Waals surface area contributed by atoms with Gasteiger partial charge in [0.2, 0.25) is 17.7 Å². The van der Waals surface area contributed by atoms with Gasteiger partial charge in [0, 0.05) is 37.3 Å². The Balaban J connectivity index is 1.50. The van der Waals surface area contributed by atoms with Crippen LogP contribution in [0.1, 0.15) is 30.4 Å². The summed E-state index contributed by atoms with van der Waals surface area (Å²) in [5.41, 5.74) is 4.26. The number of nitrogens with zero attached hydrogens (tertiary/aromatic N) is 2. The maximum absolute atomic E-state index is 12.9. The van der Waals surface area contributed by atoms with E-state index in [0.29, 0.717) is 36.6 Å². The van der Waals surface area contributed by atoms with E-state index in [2.05, 4.69) is 5.32 Å². The molecule has 0 radical (unpaired) electrons. The molecule has 0 saturated carbocycles. The maximum Gasteiger partial charge on any atom is 0.229 e. The van der Waals surface area contributed by atoms with Gasteiger partial charge in [-0.25, -0.2) is 0 Å². The molecule has 2 saturated heterocycles. The van der Waals surface area contributed by atoms with Crippen molar-refractivity contribution in [3.63, 3.8) is 0 Å². The summed E-state index contributed by atoms with van der Waals surface area (Å²) in [4.78, 5) is 41.2. The van der Waals surface area contributed by atoms with E-state index < -0.39 is 5.92 Å². The van der Waals surface area contributed by atoms with E-state index in [9.17, 15) is 14.4 Å². The zero-order chi connectivity index (χ0) is 22.1. The minimum atomic E-state index is -0.439. The molecule has 2 fully saturated rings. The lowest BCUT2D eigenvalue weighted by atomic mass is 10.1. The highest BCUT2D eigenvalue weighted by Gasteiger charge is 2.36. The molecule has 1 atom stereocenters. The van der Waals surface area contributed by atoms with Crippen LogP contribution in [0, 0.1) is 19.8 Å². The van der Waals surface area contributed by atoms with Crippen LogP contribution in [0.15, 0.2) is 36.4 Å². The Morgan fingerprint density at radius 2 is 1.87 bits per heavy atom. The van der Waals surface area contributed by atoms with Gasteiger partial charge < -0.3 is 19.9 Å². The Bertz CT molecular complexity index is 1050. The molecule has 2 aliphatic heterocycles. The van der Waals surface area contributed by atoms with Crippen molar-refractivity contribution in [2.75, 3.05) is 35.3 Å². The normalized spacial score (nSPS) is 18.6. The molecule has 7 nitrogen and oxygen atoms in total. The molecule has 1 unspecified atom stereocenters. The minimum absolute atomic E-state index is 0.0485. The van der Waals surface area contributed by atoms with Crippen molar-refractivity contribution in [2.24, 2.45) is 5.92 Å². The zero-order valence-corrected chi connectivity index (χ0v) is 18.1. The number of benzene rings is 2. The van der Waals surface area contributed by atoms with Gasteiger partial charge in [-0.05, 0) is 55.7 Å². The fourth-order valence-corrected chi connectivity index (χ4v) is 4.27. The summed E-state index contributed by atoms with van der Waals surface area (Å²) in [6.07, 6.45) is 1.49. The standard InChI is InChI=1S/C24H27N3O4/c1-15-6-4-7-19(16(15)2)27-14-17(12-23(27)29)24(30)25-18-9-10-21(31-3)20(13-18)26-11-5-8-22(26)28/h4,6-7,9-10,13,17H,5,8,11-12,14H2,1-3H3,(H,25,30). The smallest absolute Gasteiger partial charge is 0.229 e. The predicted octanol–water partition coefficient (Wildman–Crippen LogP) is 3.43. The number of methoxy groups -OCH3 is 1. The fourth-order valence-electron chi connectivity index (χ4n) is 4.27. The summed E-state index contributed by atoms with van der Waals surface area (Å²) in [5, 5.41) is 2.92. The third kappa shape index (κ3) is 4.00. The maximum atomic E-state index is 12.9. The van der Waals surface area contributed by atoms with Gasteiger partial charge in [0.05, 0.1) is 18.7 Å². The molecule has 0 bridgehead atoms. The number of anilines is 3. The summed E-state index contributed by atoms with van der Waals surface area (Å²) < 4.78 is 5.41. The summed E-state index contributed by atoms with van der Waals surface area (Å²) in [6.45, 7) is 4.98. The molecule has 0 spiro atoms. The molecule has 4 rings (SSSR count). The second-order valence-electron chi connectivity index (χ2n) is 8.15. The lowest BCUT2D eigenvalue weighted by Gasteiger charge is -2.21. The predicted molar refractivity (Wildman–Crippen MR) is 120 cm³/mol. The number of carbonyl (C=O) groups is 3. The topological polar surface area (TPSA) is 79.0 Å². The highest BCUT2D eigenvalue weighted by Crippen LogP contribution is 2.35. The van der Waals surface area contributed by atoms with Crippen LogP contribution >= 0.6 is 0 Å². The third-order valence-corrected chi connectivity index (χ3v) is 6.17. The van der Waals surface area contributed by atoms with Crippen LogP contribution < -0.4 is 19.9 Å². The minimum Gasteiger partial charge on any atom is -0.495 e. The summed E-state index contributed by atoms with van der Waals surface area (Å²) in [7, 11) is 1.56. The number of hydrogen-bond donors (Lipinski definition) is 1. The van der Waals surface area contributed by atoms with Crippen LogP contribution in [0.5, 0.6) is 5.75 Å². The molecule has 0 aliphatic carbocycles. The molecule has 3 amide bonds. The number of rotatable bonds is 5. The molecular weight excluding hydrogens is 394 g/mol. The van der Waals surface area contributed by atoms with Gasteiger partial charge in [-0.15, -0.1) is 0 Å².